The topological polar surface area (TPSA) is 70.1 Å². The van der Waals surface area contributed by atoms with Crippen LogP contribution in [0.2, 0.25) is 0 Å². The highest BCUT2D eigenvalue weighted by Crippen LogP contribution is 2.21. The average Bonchev–Trinajstić information content (AvgIpc) is 2.48. The molecule has 0 amide bonds. The molecule has 0 atom stereocenters. The summed E-state index contributed by atoms with van der Waals surface area (Å²) in [6.45, 7) is 8.98. The molecule has 90 valence electrons. The number of nitrogens with zero attached hydrogens (tertiary/aromatic N) is 2. The predicted molar refractivity (Wildman–Crippen MR) is 61.8 cm³/mol. The summed E-state index contributed by atoms with van der Waals surface area (Å²) in [6, 6.07) is 0. The fourth-order valence-electron chi connectivity index (χ4n) is 1.14. The molecule has 5 heteroatoms. The lowest BCUT2D eigenvalue weighted by molar-refractivity contribution is -0.164. The van der Waals surface area contributed by atoms with Gasteiger partial charge in [-0.25, -0.2) is 4.79 Å². The van der Waals surface area contributed by atoms with Crippen molar-refractivity contribution in [2.45, 2.75) is 45.8 Å². The number of carbonyl (C=O) groups excluding carboxylic acids is 1. The van der Waals surface area contributed by atoms with Crippen molar-refractivity contribution in [2.75, 3.05) is 5.73 Å². The molecule has 0 aliphatic heterocycles. The van der Waals surface area contributed by atoms with Gasteiger partial charge in [-0.2, -0.15) is 5.10 Å². The largest absolute Gasteiger partial charge is 0.458 e. The first kappa shape index (κ1) is 12.5. The van der Waals surface area contributed by atoms with Gasteiger partial charge in [0.05, 0.1) is 11.9 Å². The van der Waals surface area contributed by atoms with Crippen LogP contribution < -0.4 is 5.73 Å². The third-order valence-corrected chi connectivity index (χ3v) is 2.07. The summed E-state index contributed by atoms with van der Waals surface area (Å²) in [6.07, 6.45) is 3.12. The molecule has 0 radical (unpaired) electrons. The normalized spacial score (nSPS) is 12.6. The van der Waals surface area contributed by atoms with Gasteiger partial charge >= 0.3 is 5.97 Å². The molecular weight excluding hydrogens is 206 g/mol. The molecule has 0 spiro atoms. The third kappa shape index (κ3) is 2.74. The standard InChI is InChI=1S/C11H19N3O2/c1-10(2,3)16-9(15)11(4,5)14-7-8(12)6-13-14/h6-7H,12H2,1-5H3. The SMILES string of the molecule is CC(C)(C)OC(=O)C(C)(C)n1cc(N)cn1. The van der Waals surface area contributed by atoms with Gasteiger partial charge in [0.1, 0.15) is 5.60 Å². The molecule has 0 aromatic carbocycles. The zero-order valence-corrected chi connectivity index (χ0v) is 10.4. The molecule has 0 bridgehead atoms. The Bertz CT molecular complexity index is 388. The fraction of sp³-hybridized carbons (Fsp3) is 0.636. The number of hydrogen-bond donors (Lipinski definition) is 1. The zero-order chi connectivity index (χ0) is 12.6. The van der Waals surface area contributed by atoms with Gasteiger partial charge in [-0.1, -0.05) is 0 Å². The highest BCUT2D eigenvalue weighted by Gasteiger charge is 2.35. The van der Waals surface area contributed by atoms with E-state index in [0.717, 1.165) is 0 Å². The van der Waals surface area contributed by atoms with Crippen LogP contribution >= 0.6 is 0 Å². The van der Waals surface area contributed by atoms with E-state index in [9.17, 15) is 4.79 Å². The average molecular weight is 225 g/mol. The van der Waals surface area contributed by atoms with E-state index in [1.165, 1.54) is 10.9 Å². The van der Waals surface area contributed by atoms with E-state index in [1.807, 2.05) is 20.8 Å². The molecule has 16 heavy (non-hydrogen) atoms. The summed E-state index contributed by atoms with van der Waals surface area (Å²) in [5.74, 6) is -0.330. The van der Waals surface area contributed by atoms with Crippen molar-refractivity contribution in [2.24, 2.45) is 0 Å². The van der Waals surface area contributed by atoms with Gasteiger partial charge in [0.15, 0.2) is 5.54 Å². The summed E-state index contributed by atoms with van der Waals surface area (Å²) in [7, 11) is 0. The first-order valence-corrected chi connectivity index (χ1v) is 5.17. The number of aromatic nitrogens is 2. The fourth-order valence-corrected chi connectivity index (χ4v) is 1.14. The van der Waals surface area contributed by atoms with Crippen molar-refractivity contribution in [1.82, 2.24) is 9.78 Å². The number of carbonyl (C=O) groups is 1. The van der Waals surface area contributed by atoms with Crippen molar-refractivity contribution in [1.29, 1.82) is 0 Å². The summed E-state index contributed by atoms with van der Waals surface area (Å²) >= 11 is 0. The van der Waals surface area contributed by atoms with E-state index in [2.05, 4.69) is 5.10 Å². The number of nitrogens with two attached hydrogens (primary N) is 1. The van der Waals surface area contributed by atoms with E-state index >= 15 is 0 Å². The van der Waals surface area contributed by atoms with Crippen LogP contribution in [0.25, 0.3) is 0 Å². The maximum absolute atomic E-state index is 12.0. The van der Waals surface area contributed by atoms with Crippen LogP contribution in [0.3, 0.4) is 0 Å². The molecule has 1 aromatic rings. The molecule has 0 unspecified atom stereocenters. The molecule has 0 saturated heterocycles. The van der Waals surface area contributed by atoms with Crippen LogP contribution in [-0.2, 0) is 15.1 Å². The Labute approximate surface area is 95.6 Å². The molecule has 1 rings (SSSR count). The van der Waals surface area contributed by atoms with Crippen LogP contribution in [0.1, 0.15) is 34.6 Å². The Kier molecular flexibility index (Phi) is 2.99. The van der Waals surface area contributed by atoms with E-state index in [-0.39, 0.29) is 5.97 Å². The molecule has 1 aromatic heterocycles. The summed E-state index contributed by atoms with van der Waals surface area (Å²) < 4.78 is 6.84. The molecule has 0 aliphatic carbocycles. The van der Waals surface area contributed by atoms with Gasteiger partial charge < -0.3 is 10.5 Å². The van der Waals surface area contributed by atoms with Crippen molar-refractivity contribution in [3.05, 3.63) is 12.4 Å². The lowest BCUT2D eigenvalue weighted by Crippen LogP contribution is -2.41. The first-order chi connectivity index (χ1) is 7.13. The number of nitrogen functional groups attached to an aromatic ring is 1. The Morgan fingerprint density at radius 3 is 2.31 bits per heavy atom. The summed E-state index contributed by atoms with van der Waals surface area (Å²) in [4.78, 5) is 12.0. The highest BCUT2D eigenvalue weighted by atomic mass is 16.6. The van der Waals surface area contributed by atoms with Crippen LogP contribution in [0.5, 0.6) is 0 Å². The van der Waals surface area contributed by atoms with Crippen LogP contribution in [-0.4, -0.2) is 21.4 Å². The minimum atomic E-state index is -0.856. The first-order valence-electron chi connectivity index (χ1n) is 5.17. The minimum absolute atomic E-state index is 0.330. The van der Waals surface area contributed by atoms with E-state index in [1.54, 1.807) is 20.0 Å². The molecule has 0 saturated carbocycles. The summed E-state index contributed by atoms with van der Waals surface area (Å²) in [5, 5.41) is 4.03. The number of ether oxygens (including phenoxy) is 1. The Morgan fingerprint density at radius 2 is 1.94 bits per heavy atom. The Balaban J connectivity index is 2.90. The predicted octanol–water partition coefficient (Wildman–Crippen LogP) is 1.54. The molecular formula is C11H19N3O2. The zero-order valence-electron chi connectivity index (χ0n) is 10.4. The van der Waals surface area contributed by atoms with Gasteiger partial charge in [0.25, 0.3) is 0 Å². The maximum Gasteiger partial charge on any atom is 0.334 e. The minimum Gasteiger partial charge on any atom is -0.458 e. The van der Waals surface area contributed by atoms with Crippen LogP contribution in [0, 0.1) is 0 Å². The number of rotatable bonds is 2. The second-order valence-electron chi connectivity index (χ2n) is 5.28. The van der Waals surface area contributed by atoms with Crippen molar-refractivity contribution in [3.63, 3.8) is 0 Å². The lowest BCUT2D eigenvalue weighted by Gasteiger charge is -2.28. The number of hydrogen-bond acceptors (Lipinski definition) is 4. The van der Waals surface area contributed by atoms with E-state index in [0.29, 0.717) is 5.69 Å². The van der Waals surface area contributed by atoms with Crippen molar-refractivity contribution < 1.29 is 9.53 Å². The molecule has 1 heterocycles. The van der Waals surface area contributed by atoms with Crippen molar-refractivity contribution in [3.8, 4) is 0 Å². The number of anilines is 1. The van der Waals surface area contributed by atoms with Crippen LogP contribution in [0.4, 0.5) is 5.69 Å². The van der Waals surface area contributed by atoms with Gasteiger partial charge in [0, 0.05) is 6.20 Å². The molecule has 2 N–H and O–H groups in total. The van der Waals surface area contributed by atoms with Gasteiger partial charge in [0.2, 0.25) is 0 Å². The molecule has 0 fully saturated rings. The smallest absolute Gasteiger partial charge is 0.334 e. The second kappa shape index (κ2) is 3.81. The molecule has 5 nitrogen and oxygen atoms in total. The highest BCUT2D eigenvalue weighted by molar-refractivity contribution is 5.78. The van der Waals surface area contributed by atoms with Gasteiger partial charge in [-0.3, -0.25) is 4.68 Å². The summed E-state index contributed by atoms with van der Waals surface area (Å²) in [5.41, 5.74) is 4.73. The maximum atomic E-state index is 12.0. The monoisotopic (exact) mass is 225 g/mol. The Morgan fingerprint density at radius 1 is 1.38 bits per heavy atom. The Hall–Kier alpha value is -1.52. The van der Waals surface area contributed by atoms with Crippen molar-refractivity contribution >= 4 is 11.7 Å². The molecule has 0 aliphatic rings. The lowest BCUT2D eigenvalue weighted by atomic mass is 10.1. The quantitative estimate of drug-likeness (QED) is 0.775. The van der Waals surface area contributed by atoms with Crippen LogP contribution in [0.15, 0.2) is 12.4 Å². The second-order valence-corrected chi connectivity index (χ2v) is 5.28. The third-order valence-electron chi connectivity index (χ3n) is 2.07. The van der Waals surface area contributed by atoms with Gasteiger partial charge in [-0.05, 0) is 34.6 Å². The van der Waals surface area contributed by atoms with Gasteiger partial charge in [-0.15, -0.1) is 0 Å². The van der Waals surface area contributed by atoms with E-state index < -0.39 is 11.1 Å². The van der Waals surface area contributed by atoms with E-state index in [4.69, 9.17) is 10.5 Å². The number of esters is 1.